The summed E-state index contributed by atoms with van der Waals surface area (Å²) in [6.07, 6.45) is 3.82. The summed E-state index contributed by atoms with van der Waals surface area (Å²) in [4.78, 5) is 4.30. The molecule has 0 radical (unpaired) electrons. The standard InChI is InChI=1S/C18H18N2/c1-13-9-17(12-20-11-13)18(19-2)16-8-7-14-5-3-4-6-15(14)10-16/h3-12,18-19H,1-2H3. The van der Waals surface area contributed by atoms with Crippen LogP contribution >= 0.6 is 0 Å². The molecule has 2 nitrogen and oxygen atoms in total. The monoisotopic (exact) mass is 262 g/mol. The van der Waals surface area contributed by atoms with Gasteiger partial charge in [-0.05, 0) is 47.5 Å². The average molecular weight is 262 g/mol. The lowest BCUT2D eigenvalue weighted by molar-refractivity contribution is 0.689. The zero-order valence-electron chi connectivity index (χ0n) is 11.8. The third-order valence-electron chi connectivity index (χ3n) is 3.62. The molecule has 0 saturated heterocycles. The third-order valence-corrected chi connectivity index (χ3v) is 3.62. The molecular formula is C18H18N2. The van der Waals surface area contributed by atoms with Gasteiger partial charge in [0.05, 0.1) is 6.04 Å². The Labute approximate surface area is 119 Å². The first-order valence-electron chi connectivity index (χ1n) is 6.85. The molecule has 0 amide bonds. The zero-order valence-corrected chi connectivity index (χ0v) is 11.8. The molecule has 0 bridgehead atoms. The van der Waals surface area contributed by atoms with Crippen LogP contribution in [0.1, 0.15) is 22.7 Å². The number of hydrogen-bond acceptors (Lipinski definition) is 2. The highest BCUT2D eigenvalue weighted by molar-refractivity contribution is 5.83. The smallest absolute Gasteiger partial charge is 0.0589 e. The van der Waals surface area contributed by atoms with Crippen LogP contribution in [0.2, 0.25) is 0 Å². The number of rotatable bonds is 3. The molecule has 1 aromatic heterocycles. The first-order valence-corrected chi connectivity index (χ1v) is 6.85. The van der Waals surface area contributed by atoms with Gasteiger partial charge in [0.15, 0.2) is 0 Å². The number of aromatic nitrogens is 1. The van der Waals surface area contributed by atoms with Crippen molar-refractivity contribution < 1.29 is 0 Å². The maximum absolute atomic E-state index is 4.30. The van der Waals surface area contributed by atoms with Crippen LogP contribution in [-0.4, -0.2) is 12.0 Å². The van der Waals surface area contributed by atoms with Crippen LogP contribution < -0.4 is 5.32 Å². The molecule has 0 aliphatic heterocycles. The van der Waals surface area contributed by atoms with Gasteiger partial charge in [-0.1, -0.05) is 42.5 Å². The molecule has 3 rings (SSSR count). The van der Waals surface area contributed by atoms with E-state index in [2.05, 4.69) is 65.8 Å². The minimum absolute atomic E-state index is 0.173. The van der Waals surface area contributed by atoms with Gasteiger partial charge in [-0.3, -0.25) is 4.98 Å². The maximum Gasteiger partial charge on any atom is 0.0589 e. The van der Waals surface area contributed by atoms with Crippen LogP contribution in [0.15, 0.2) is 60.9 Å². The Balaban J connectivity index is 2.07. The van der Waals surface area contributed by atoms with Crippen molar-refractivity contribution in [3.05, 3.63) is 77.6 Å². The molecule has 1 heterocycles. The second kappa shape index (κ2) is 5.43. The first kappa shape index (κ1) is 12.8. The fourth-order valence-corrected chi connectivity index (χ4v) is 2.65. The van der Waals surface area contributed by atoms with Crippen LogP contribution in [-0.2, 0) is 0 Å². The molecule has 1 unspecified atom stereocenters. The molecule has 3 aromatic rings. The van der Waals surface area contributed by atoms with Crippen molar-refractivity contribution >= 4 is 10.8 Å². The van der Waals surface area contributed by atoms with Crippen LogP contribution in [0.25, 0.3) is 10.8 Å². The molecule has 1 atom stereocenters. The van der Waals surface area contributed by atoms with Crippen molar-refractivity contribution in [3.8, 4) is 0 Å². The fraction of sp³-hybridized carbons (Fsp3) is 0.167. The summed E-state index contributed by atoms with van der Waals surface area (Å²) in [5.74, 6) is 0. The van der Waals surface area contributed by atoms with Crippen molar-refractivity contribution in [2.45, 2.75) is 13.0 Å². The number of benzene rings is 2. The van der Waals surface area contributed by atoms with Crippen molar-refractivity contribution in [1.29, 1.82) is 0 Å². The second-order valence-electron chi connectivity index (χ2n) is 5.12. The van der Waals surface area contributed by atoms with Crippen LogP contribution in [0, 0.1) is 6.92 Å². The Bertz CT molecular complexity index is 734. The summed E-state index contributed by atoms with van der Waals surface area (Å²) in [7, 11) is 1.99. The van der Waals surface area contributed by atoms with Crippen LogP contribution in [0.5, 0.6) is 0 Å². The molecule has 2 heteroatoms. The summed E-state index contributed by atoms with van der Waals surface area (Å²) < 4.78 is 0. The molecular weight excluding hydrogens is 244 g/mol. The van der Waals surface area contributed by atoms with Gasteiger partial charge in [-0.25, -0.2) is 0 Å². The molecule has 100 valence electrons. The predicted octanol–water partition coefficient (Wildman–Crippen LogP) is 3.85. The summed E-state index contributed by atoms with van der Waals surface area (Å²) in [6, 6.07) is 17.4. The average Bonchev–Trinajstić information content (AvgIpc) is 2.48. The highest BCUT2D eigenvalue weighted by Gasteiger charge is 2.12. The largest absolute Gasteiger partial charge is 0.309 e. The van der Waals surface area contributed by atoms with Gasteiger partial charge in [0.2, 0.25) is 0 Å². The predicted molar refractivity (Wildman–Crippen MR) is 83.8 cm³/mol. The van der Waals surface area contributed by atoms with Gasteiger partial charge in [0.1, 0.15) is 0 Å². The molecule has 0 spiro atoms. The molecule has 2 aromatic carbocycles. The quantitative estimate of drug-likeness (QED) is 0.775. The molecule has 20 heavy (non-hydrogen) atoms. The number of nitrogens with one attached hydrogen (secondary N) is 1. The molecule has 0 aliphatic rings. The van der Waals surface area contributed by atoms with Gasteiger partial charge in [-0.2, -0.15) is 0 Å². The van der Waals surface area contributed by atoms with E-state index in [1.807, 2.05) is 19.4 Å². The van der Waals surface area contributed by atoms with E-state index < -0.39 is 0 Å². The number of nitrogens with zero attached hydrogens (tertiary/aromatic N) is 1. The van der Waals surface area contributed by atoms with Gasteiger partial charge >= 0.3 is 0 Å². The van der Waals surface area contributed by atoms with Gasteiger partial charge < -0.3 is 5.32 Å². The van der Waals surface area contributed by atoms with Crippen molar-refractivity contribution in [3.63, 3.8) is 0 Å². The molecule has 1 N–H and O–H groups in total. The zero-order chi connectivity index (χ0) is 13.9. The highest BCUT2D eigenvalue weighted by atomic mass is 14.9. The van der Waals surface area contributed by atoms with Crippen LogP contribution in [0.3, 0.4) is 0 Å². The minimum atomic E-state index is 0.173. The highest BCUT2D eigenvalue weighted by Crippen LogP contribution is 2.25. The van der Waals surface area contributed by atoms with E-state index in [0.717, 1.165) is 0 Å². The lowest BCUT2D eigenvalue weighted by atomic mass is 9.97. The van der Waals surface area contributed by atoms with Crippen molar-refractivity contribution in [2.24, 2.45) is 0 Å². The van der Waals surface area contributed by atoms with Crippen molar-refractivity contribution in [2.75, 3.05) is 7.05 Å². The molecule has 0 saturated carbocycles. The van der Waals surface area contributed by atoms with E-state index in [4.69, 9.17) is 0 Å². The number of pyridine rings is 1. The van der Waals surface area contributed by atoms with Gasteiger partial charge in [-0.15, -0.1) is 0 Å². The summed E-state index contributed by atoms with van der Waals surface area (Å²) in [6.45, 7) is 2.07. The van der Waals surface area contributed by atoms with E-state index in [1.54, 1.807) is 0 Å². The number of aryl methyl sites for hydroxylation is 1. The van der Waals surface area contributed by atoms with E-state index in [-0.39, 0.29) is 6.04 Å². The Kier molecular flexibility index (Phi) is 3.48. The first-order chi connectivity index (χ1) is 9.78. The Morgan fingerprint density at radius 1 is 0.900 bits per heavy atom. The van der Waals surface area contributed by atoms with E-state index in [1.165, 1.54) is 27.5 Å². The van der Waals surface area contributed by atoms with Crippen molar-refractivity contribution in [1.82, 2.24) is 10.3 Å². The fourth-order valence-electron chi connectivity index (χ4n) is 2.65. The Morgan fingerprint density at radius 3 is 2.45 bits per heavy atom. The summed E-state index contributed by atoms with van der Waals surface area (Å²) in [5.41, 5.74) is 3.64. The summed E-state index contributed by atoms with van der Waals surface area (Å²) >= 11 is 0. The Hall–Kier alpha value is -2.19. The second-order valence-corrected chi connectivity index (χ2v) is 5.12. The van der Waals surface area contributed by atoms with E-state index in [9.17, 15) is 0 Å². The lowest BCUT2D eigenvalue weighted by Gasteiger charge is -2.18. The minimum Gasteiger partial charge on any atom is -0.309 e. The normalized spacial score (nSPS) is 12.5. The van der Waals surface area contributed by atoms with E-state index >= 15 is 0 Å². The molecule has 0 aliphatic carbocycles. The third kappa shape index (κ3) is 2.43. The number of fused-ring (bicyclic) bond motifs is 1. The van der Waals surface area contributed by atoms with Gasteiger partial charge in [0, 0.05) is 12.4 Å². The van der Waals surface area contributed by atoms with Crippen LogP contribution in [0.4, 0.5) is 0 Å². The van der Waals surface area contributed by atoms with E-state index in [0.29, 0.717) is 0 Å². The topological polar surface area (TPSA) is 24.9 Å². The summed E-state index contributed by atoms with van der Waals surface area (Å²) in [5, 5.41) is 5.93. The SMILES string of the molecule is CNC(c1cncc(C)c1)c1ccc2ccccc2c1. The maximum atomic E-state index is 4.30. The van der Waals surface area contributed by atoms with Gasteiger partial charge in [0.25, 0.3) is 0 Å². The molecule has 0 fully saturated rings. The lowest BCUT2D eigenvalue weighted by Crippen LogP contribution is -2.17. The number of hydrogen-bond donors (Lipinski definition) is 1. The Morgan fingerprint density at radius 2 is 1.70 bits per heavy atom.